The number of aromatic nitrogens is 4. The van der Waals surface area contributed by atoms with Gasteiger partial charge in [0.15, 0.2) is 10.0 Å². The first-order valence-electron chi connectivity index (χ1n) is 14.8. The van der Waals surface area contributed by atoms with Gasteiger partial charge in [-0.3, -0.25) is 14.2 Å². The smallest absolute Gasteiger partial charge is 0.304 e. The number of anilines is 1. The lowest BCUT2D eigenvalue weighted by Gasteiger charge is -2.13. The zero-order chi connectivity index (χ0) is 33.2. The Labute approximate surface area is 276 Å². The summed E-state index contributed by atoms with van der Waals surface area (Å²) in [6.07, 6.45) is 0.833. The second-order valence-electron chi connectivity index (χ2n) is 10.8. The van der Waals surface area contributed by atoms with Crippen LogP contribution in [-0.2, 0) is 34.4 Å². The molecule has 6 aromatic rings. The number of nitrogen functional groups attached to an aromatic ring is 1. The summed E-state index contributed by atoms with van der Waals surface area (Å²) in [7, 11) is -4.35. The highest BCUT2D eigenvalue weighted by atomic mass is 32.3. The second kappa shape index (κ2) is 13.9. The number of rotatable bonds is 9. The summed E-state index contributed by atoms with van der Waals surface area (Å²) in [6.45, 7) is 13.0. The largest absolute Gasteiger partial charge is 0.381 e. The van der Waals surface area contributed by atoms with Crippen LogP contribution in [-0.4, -0.2) is 39.5 Å². The van der Waals surface area contributed by atoms with Gasteiger partial charge in [-0.2, -0.15) is 13.5 Å². The van der Waals surface area contributed by atoms with E-state index in [2.05, 4.69) is 29.6 Å². The second-order valence-corrected chi connectivity index (χ2v) is 14.7. The third kappa shape index (κ3) is 7.08. The first-order valence-corrected chi connectivity index (χ1v) is 17.9. The maximum Gasteiger partial charge on any atom is 0.304 e. The molecule has 0 saturated carbocycles. The highest BCUT2D eigenvalue weighted by Crippen LogP contribution is 2.38. The molecule has 46 heavy (non-hydrogen) atoms. The van der Waals surface area contributed by atoms with Crippen LogP contribution in [0.25, 0.3) is 32.6 Å². The van der Waals surface area contributed by atoms with E-state index in [1.54, 1.807) is 17.4 Å². The summed E-state index contributed by atoms with van der Waals surface area (Å²) in [6, 6.07) is 14.0. The average molecular weight is 680 g/mol. The Kier molecular flexibility index (Phi) is 10.1. The standard InChI is InChI=1S/C28H29N3O4S3.C5H8N2O/c1-5-21-14-24-26(18(4)29-21)27(25-8-7-11-36-25)30-31(24)15-19-9-10-22(20(13-19)16-35-6-2)23-12-17(3)37-28(23)38(32,33)34;1-3-4(2)8-7-5(3)6/h7-14H,5-6,15-16H2,1-4H3,(H,32,33,34);1-2H3,(H2,6,7). The van der Waals surface area contributed by atoms with E-state index in [0.717, 1.165) is 83.5 Å². The van der Waals surface area contributed by atoms with Crippen LogP contribution in [0.1, 0.15) is 52.6 Å². The van der Waals surface area contributed by atoms with E-state index in [0.29, 0.717) is 31.1 Å². The predicted octanol–water partition coefficient (Wildman–Crippen LogP) is 7.77. The first kappa shape index (κ1) is 33.5. The Bertz CT molecular complexity index is 2070. The fourth-order valence-electron chi connectivity index (χ4n) is 5.15. The van der Waals surface area contributed by atoms with Crippen LogP contribution in [0.5, 0.6) is 0 Å². The van der Waals surface area contributed by atoms with Crippen molar-refractivity contribution in [3.05, 3.63) is 86.6 Å². The molecule has 13 heteroatoms. The van der Waals surface area contributed by atoms with Gasteiger partial charge in [-0.1, -0.05) is 36.3 Å². The number of benzene rings is 1. The van der Waals surface area contributed by atoms with E-state index in [4.69, 9.17) is 25.1 Å². The lowest BCUT2D eigenvalue weighted by atomic mass is 9.99. The lowest BCUT2D eigenvalue weighted by Crippen LogP contribution is -2.05. The van der Waals surface area contributed by atoms with E-state index in [1.165, 1.54) is 0 Å². The van der Waals surface area contributed by atoms with Crippen molar-refractivity contribution in [2.75, 3.05) is 12.3 Å². The molecule has 6 rings (SSSR count). The van der Waals surface area contributed by atoms with E-state index >= 15 is 0 Å². The Morgan fingerprint density at radius 2 is 1.85 bits per heavy atom. The molecule has 1 aromatic carbocycles. The Balaban J connectivity index is 0.000000455. The number of hydrogen-bond acceptors (Lipinski definition) is 10. The molecule has 5 heterocycles. The number of pyridine rings is 1. The van der Waals surface area contributed by atoms with Gasteiger partial charge in [0.25, 0.3) is 0 Å². The van der Waals surface area contributed by atoms with Gasteiger partial charge in [0, 0.05) is 34.0 Å². The summed E-state index contributed by atoms with van der Waals surface area (Å²) in [5, 5.41) is 11.7. The SMILES string of the molecule is CCOCc1cc(Cn2nc(-c3cccs3)c3c(C)nc(CC)cc32)ccc1-c1cc(C)sc1S(=O)(=O)O.Cc1onc(N)c1C. The number of thiophene rings is 2. The number of hydrogen-bond donors (Lipinski definition) is 2. The van der Waals surface area contributed by atoms with Crippen molar-refractivity contribution in [1.29, 1.82) is 0 Å². The molecule has 5 aromatic heterocycles. The summed E-state index contributed by atoms with van der Waals surface area (Å²) < 4.78 is 46.5. The molecule has 0 bridgehead atoms. The van der Waals surface area contributed by atoms with Crippen molar-refractivity contribution in [3.8, 4) is 21.7 Å². The molecule has 0 unspecified atom stereocenters. The normalized spacial score (nSPS) is 11.6. The summed E-state index contributed by atoms with van der Waals surface area (Å²) >= 11 is 2.72. The third-order valence-corrected chi connectivity index (χ3v) is 10.9. The molecule has 0 radical (unpaired) electrons. The van der Waals surface area contributed by atoms with E-state index in [1.807, 2.05) is 63.6 Å². The van der Waals surface area contributed by atoms with E-state index in [9.17, 15) is 13.0 Å². The minimum absolute atomic E-state index is 0.0470. The van der Waals surface area contributed by atoms with Crippen LogP contribution in [0.3, 0.4) is 0 Å². The number of aryl methyl sites for hydroxylation is 4. The number of fused-ring (bicyclic) bond motifs is 1. The molecule has 0 aliphatic carbocycles. The monoisotopic (exact) mass is 679 g/mol. The zero-order valence-electron chi connectivity index (χ0n) is 26.6. The molecule has 0 spiro atoms. The Morgan fingerprint density at radius 3 is 2.43 bits per heavy atom. The highest BCUT2D eigenvalue weighted by Gasteiger charge is 2.23. The molecule has 0 saturated heterocycles. The topological polar surface area (TPSA) is 146 Å². The maximum atomic E-state index is 12.1. The quantitative estimate of drug-likeness (QED) is 0.146. The lowest BCUT2D eigenvalue weighted by molar-refractivity contribution is 0.134. The molecule has 0 amide bonds. The molecule has 242 valence electrons. The molecular formula is C33H37N5O5S3. The molecule has 0 aliphatic rings. The van der Waals surface area contributed by atoms with Crippen molar-refractivity contribution >= 4 is 49.5 Å². The van der Waals surface area contributed by atoms with Gasteiger partial charge in [0.05, 0.1) is 28.9 Å². The summed E-state index contributed by atoms with van der Waals surface area (Å²) in [4.78, 5) is 6.70. The zero-order valence-corrected chi connectivity index (χ0v) is 29.1. The van der Waals surface area contributed by atoms with Crippen molar-refractivity contribution < 1.29 is 22.2 Å². The van der Waals surface area contributed by atoms with Crippen molar-refractivity contribution in [1.82, 2.24) is 19.9 Å². The summed E-state index contributed by atoms with van der Waals surface area (Å²) in [5.41, 5.74) is 13.3. The number of ether oxygens (including phenoxy) is 1. The van der Waals surface area contributed by atoms with Crippen LogP contribution in [0, 0.1) is 27.7 Å². The van der Waals surface area contributed by atoms with Crippen LogP contribution < -0.4 is 5.73 Å². The van der Waals surface area contributed by atoms with Gasteiger partial charge in [-0.25, -0.2) is 0 Å². The van der Waals surface area contributed by atoms with E-state index in [-0.39, 0.29) is 4.21 Å². The van der Waals surface area contributed by atoms with Crippen LogP contribution in [0.4, 0.5) is 5.82 Å². The molecule has 0 fully saturated rings. The predicted molar refractivity (Wildman–Crippen MR) is 184 cm³/mol. The van der Waals surface area contributed by atoms with Gasteiger partial charge in [0.2, 0.25) is 0 Å². The highest BCUT2D eigenvalue weighted by molar-refractivity contribution is 7.88. The van der Waals surface area contributed by atoms with Gasteiger partial charge in [0.1, 0.15) is 11.5 Å². The van der Waals surface area contributed by atoms with Crippen LogP contribution in [0.15, 0.2) is 56.6 Å². The minimum atomic E-state index is -4.35. The molecule has 3 N–H and O–H groups in total. The summed E-state index contributed by atoms with van der Waals surface area (Å²) in [5.74, 6) is 1.28. The maximum absolute atomic E-state index is 12.1. The van der Waals surface area contributed by atoms with Crippen molar-refractivity contribution in [3.63, 3.8) is 0 Å². The van der Waals surface area contributed by atoms with Gasteiger partial charge >= 0.3 is 10.1 Å². The molecule has 0 atom stereocenters. The molecule has 10 nitrogen and oxygen atoms in total. The Hall–Kier alpha value is -3.88. The molecule has 0 aliphatic heterocycles. The Morgan fingerprint density at radius 1 is 1.07 bits per heavy atom. The van der Waals surface area contributed by atoms with Crippen LogP contribution >= 0.6 is 22.7 Å². The molecular weight excluding hydrogens is 643 g/mol. The van der Waals surface area contributed by atoms with Crippen molar-refractivity contribution in [2.45, 2.75) is 65.3 Å². The third-order valence-electron chi connectivity index (χ3n) is 7.59. The fraction of sp³-hybridized carbons (Fsp3) is 0.303. The van der Waals surface area contributed by atoms with Gasteiger partial charge in [-0.15, -0.1) is 22.7 Å². The number of nitrogens with two attached hydrogens (primary N) is 1. The van der Waals surface area contributed by atoms with E-state index < -0.39 is 10.1 Å². The van der Waals surface area contributed by atoms with Crippen LogP contribution in [0.2, 0.25) is 0 Å². The van der Waals surface area contributed by atoms with Crippen molar-refractivity contribution in [2.24, 2.45) is 0 Å². The fourth-order valence-corrected chi connectivity index (χ4v) is 7.87. The van der Waals surface area contributed by atoms with Gasteiger partial charge < -0.3 is 15.0 Å². The minimum Gasteiger partial charge on any atom is -0.381 e. The average Bonchev–Trinajstić information content (AvgIpc) is 3.82. The number of nitrogens with zero attached hydrogens (tertiary/aromatic N) is 4. The first-order chi connectivity index (χ1) is 21.9. The van der Waals surface area contributed by atoms with Gasteiger partial charge in [-0.05, 0) is 81.3 Å².